The van der Waals surface area contributed by atoms with Crippen LogP contribution in [0.1, 0.15) is 17.5 Å². The maximum absolute atomic E-state index is 10.6. The molecule has 1 atom stereocenters. The van der Waals surface area contributed by atoms with Crippen molar-refractivity contribution in [1.29, 1.82) is 0 Å². The minimum atomic E-state index is -0.965. The second-order valence-electron chi connectivity index (χ2n) is 3.62. The number of carbonyl (C=O) groups is 1. The van der Waals surface area contributed by atoms with E-state index in [1.807, 2.05) is 12.1 Å². The van der Waals surface area contributed by atoms with Gasteiger partial charge in [-0.1, -0.05) is 6.08 Å². The number of aliphatic carboxylic acids is 1. The largest absolute Gasteiger partial charge is 0.480 e. The van der Waals surface area contributed by atoms with Crippen molar-refractivity contribution >= 4 is 11.5 Å². The van der Waals surface area contributed by atoms with Crippen molar-refractivity contribution in [1.82, 2.24) is 4.98 Å². The Balaban J connectivity index is 2.17. The number of hydrogen-bond donors (Lipinski definition) is 2. The molecule has 0 fully saturated rings. The third kappa shape index (κ3) is 1.89. The second-order valence-corrected chi connectivity index (χ2v) is 3.62. The Bertz CT molecular complexity index is 426. The molecule has 0 bridgehead atoms. The van der Waals surface area contributed by atoms with E-state index in [4.69, 9.17) is 10.8 Å². The fraction of sp³-hybridized carbons (Fsp3) is 0.273. The van der Waals surface area contributed by atoms with Gasteiger partial charge in [0.25, 0.3) is 0 Å². The number of rotatable bonds is 3. The Morgan fingerprint density at radius 3 is 3.20 bits per heavy atom. The molecule has 0 aromatic carbocycles. The van der Waals surface area contributed by atoms with Crippen LogP contribution >= 0.6 is 0 Å². The first-order valence-corrected chi connectivity index (χ1v) is 4.79. The molecule has 1 aliphatic carbocycles. The van der Waals surface area contributed by atoms with Crippen LogP contribution in [0.15, 0.2) is 24.5 Å². The van der Waals surface area contributed by atoms with Gasteiger partial charge in [-0.2, -0.15) is 0 Å². The van der Waals surface area contributed by atoms with Crippen LogP contribution in [-0.4, -0.2) is 22.1 Å². The predicted molar refractivity (Wildman–Crippen MR) is 56.1 cm³/mol. The Hall–Kier alpha value is -1.68. The molecular weight excluding hydrogens is 192 g/mol. The van der Waals surface area contributed by atoms with E-state index in [-0.39, 0.29) is 0 Å². The minimum absolute atomic E-state index is 0.369. The molecule has 1 heterocycles. The first-order chi connectivity index (χ1) is 7.18. The summed E-state index contributed by atoms with van der Waals surface area (Å²) in [5, 5.41) is 8.72. The Kier molecular flexibility index (Phi) is 2.51. The summed E-state index contributed by atoms with van der Waals surface area (Å²) >= 11 is 0. The fourth-order valence-electron chi connectivity index (χ4n) is 1.75. The van der Waals surface area contributed by atoms with E-state index in [9.17, 15) is 4.79 Å². The molecule has 4 nitrogen and oxygen atoms in total. The van der Waals surface area contributed by atoms with Gasteiger partial charge in [0.2, 0.25) is 0 Å². The highest BCUT2D eigenvalue weighted by Gasteiger charge is 2.19. The van der Waals surface area contributed by atoms with Gasteiger partial charge in [0.1, 0.15) is 6.04 Å². The molecule has 0 amide bonds. The van der Waals surface area contributed by atoms with Gasteiger partial charge in [-0.05, 0) is 35.6 Å². The highest BCUT2D eigenvalue weighted by atomic mass is 16.4. The molecule has 15 heavy (non-hydrogen) atoms. The molecule has 1 aliphatic rings. The number of aromatic nitrogens is 1. The van der Waals surface area contributed by atoms with Gasteiger partial charge in [0.05, 0.1) is 0 Å². The quantitative estimate of drug-likeness (QED) is 0.764. The lowest BCUT2D eigenvalue weighted by atomic mass is 10.0. The summed E-state index contributed by atoms with van der Waals surface area (Å²) in [5.41, 5.74) is 8.71. The van der Waals surface area contributed by atoms with Crippen LogP contribution in [0, 0.1) is 0 Å². The van der Waals surface area contributed by atoms with Gasteiger partial charge < -0.3 is 10.8 Å². The molecule has 1 aromatic rings. The number of nitrogens with two attached hydrogens (primary N) is 1. The normalized spacial score (nSPS) is 15.7. The van der Waals surface area contributed by atoms with Gasteiger partial charge in [-0.3, -0.25) is 9.78 Å². The van der Waals surface area contributed by atoms with Crippen molar-refractivity contribution in [2.45, 2.75) is 18.9 Å². The Morgan fingerprint density at radius 1 is 1.67 bits per heavy atom. The molecule has 3 N–H and O–H groups in total. The summed E-state index contributed by atoms with van der Waals surface area (Å²) in [5.74, 6) is -0.965. The third-order valence-electron chi connectivity index (χ3n) is 2.58. The summed E-state index contributed by atoms with van der Waals surface area (Å²) in [6, 6.07) is 1.12. The van der Waals surface area contributed by atoms with Crippen molar-refractivity contribution in [3.8, 4) is 0 Å². The van der Waals surface area contributed by atoms with Crippen molar-refractivity contribution in [2.24, 2.45) is 5.73 Å². The lowest BCUT2D eigenvalue weighted by Gasteiger charge is -2.08. The maximum atomic E-state index is 10.6. The van der Waals surface area contributed by atoms with Crippen LogP contribution in [0.5, 0.6) is 0 Å². The number of fused-ring (bicyclic) bond motifs is 1. The van der Waals surface area contributed by atoms with Crippen LogP contribution in [0.25, 0.3) is 5.57 Å². The molecule has 0 saturated heterocycles. The fourth-order valence-corrected chi connectivity index (χ4v) is 1.75. The van der Waals surface area contributed by atoms with Crippen molar-refractivity contribution in [3.63, 3.8) is 0 Å². The molecular formula is C11H12N2O2. The Labute approximate surface area is 87.4 Å². The molecule has 78 valence electrons. The van der Waals surface area contributed by atoms with Crippen molar-refractivity contribution < 1.29 is 9.90 Å². The van der Waals surface area contributed by atoms with Gasteiger partial charge in [-0.25, -0.2) is 0 Å². The molecule has 0 saturated carbocycles. The minimum Gasteiger partial charge on any atom is -0.480 e. The zero-order chi connectivity index (χ0) is 10.8. The molecule has 0 unspecified atom stereocenters. The first kappa shape index (κ1) is 9.86. The van der Waals surface area contributed by atoms with E-state index in [0.717, 1.165) is 17.6 Å². The summed E-state index contributed by atoms with van der Waals surface area (Å²) in [6.07, 6.45) is 6.75. The van der Waals surface area contributed by atoms with Crippen molar-refractivity contribution in [3.05, 3.63) is 35.7 Å². The highest BCUT2D eigenvalue weighted by Crippen LogP contribution is 2.29. The molecule has 4 heteroatoms. The van der Waals surface area contributed by atoms with Gasteiger partial charge >= 0.3 is 5.97 Å². The van der Waals surface area contributed by atoms with Gasteiger partial charge in [-0.15, -0.1) is 0 Å². The first-order valence-electron chi connectivity index (χ1n) is 4.79. The molecule has 0 spiro atoms. The molecule has 0 radical (unpaired) electrons. The monoisotopic (exact) mass is 204 g/mol. The number of allylic oxidation sites excluding steroid dienone is 1. The lowest BCUT2D eigenvalue weighted by Crippen LogP contribution is -2.30. The van der Waals surface area contributed by atoms with Gasteiger partial charge in [0.15, 0.2) is 0 Å². The summed E-state index contributed by atoms with van der Waals surface area (Å²) in [6.45, 7) is 0. The Morgan fingerprint density at radius 2 is 2.47 bits per heavy atom. The van der Waals surface area contributed by atoms with E-state index >= 15 is 0 Å². The predicted octanol–water partition coefficient (Wildman–Crippen LogP) is 0.823. The number of carboxylic acids is 1. The van der Waals surface area contributed by atoms with Gasteiger partial charge in [0, 0.05) is 12.4 Å². The maximum Gasteiger partial charge on any atom is 0.320 e. The average Bonchev–Trinajstić information content (AvgIpc) is 2.62. The topological polar surface area (TPSA) is 76.2 Å². The van der Waals surface area contributed by atoms with E-state index < -0.39 is 12.0 Å². The summed E-state index contributed by atoms with van der Waals surface area (Å²) in [7, 11) is 0. The average molecular weight is 204 g/mol. The summed E-state index contributed by atoms with van der Waals surface area (Å²) < 4.78 is 0. The van der Waals surface area contributed by atoms with Crippen LogP contribution in [0.2, 0.25) is 0 Å². The third-order valence-corrected chi connectivity index (χ3v) is 2.58. The molecule has 0 aliphatic heterocycles. The van der Waals surface area contributed by atoms with Crippen LogP contribution in [-0.2, 0) is 11.2 Å². The SMILES string of the molecule is N[C@@H](CC1=CCc2ccncc21)C(=O)O. The van der Waals surface area contributed by atoms with E-state index in [0.29, 0.717) is 6.42 Å². The number of nitrogens with zero attached hydrogens (tertiary/aromatic N) is 1. The standard InChI is InChI=1S/C11H12N2O2/c12-10(11(14)15)5-8-2-1-7-3-4-13-6-9(7)8/h2-4,6,10H,1,5,12H2,(H,14,15)/t10-/m0/s1. The number of carboxylic acid groups (broad SMARTS) is 1. The molecule has 1 aromatic heterocycles. The van der Waals surface area contributed by atoms with Crippen LogP contribution in [0.3, 0.4) is 0 Å². The smallest absolute Gasteiger partial charge is 0.320 e. The van der Waals surface area contributed by atoms with E-state index in [1.54, 1.807) is 12.4 Å². The number of hydrogen-bond acceptors (Lipinski definition) is 3. The zero-order valence-corrected chi connectivity index (χ0v) is 8.18. The lowest BCUT2D eigenvalue weighted by molar-refractivity contribution is -0.138. The van der Waals surface area contributed by atoms with E-state index in [2.05, 4.69) is 4.98 Å². The zero-order valence-electron chi connectivity index (χ0n) is 8.18. The van der Waals surface area contributed by atoms with Crippen LogP contribution in [0.4, 0.5) is 0 Å². The molecule has 2 rings (SSSR count). The van der Waals surface area contributed by atoms with Crippen molar-refractivity contribution in [2.75, 3.05) is 0 Å². The number of pyridine rings is 1. The van der Waals surface area contributed by atoms with E-state index in [1.165, 1.54) is 5.56 Å². The van der Waals surface area contributed by atoms with Crippen LogP contribution < -0.4 is 5.73 Å². The second kappa shape index (κ2) is 3.82. The summed E-state index contributed by atoms with van der Waals surface area (Å²) in [4.78, 5) is 14.7. The highest BCUT2D eigenvalue weighted by molar-refractivity contribution is 5.80.